The fraction of sp³-hybridized carbons (Fsp3) is 0.712. The van der Waals surface area contributed by atoms with Crippen LogP contribution < -0.4 is 0 Å². The number of hydrogen-bond donors (Lipinski definition) is 0. The van der Waals surface area contributed by atoms with Gasteiger partial charge in [0.25, 0.3) is 0 Å². The van der Waals surface area contributed by atoms with Crippen molar-refractivity contribution < 1.29 is 4.79 Å². The van der Waals surface area contributed by atoms with Gasteiger partial charge in [-0.15, -0.1) is 22.7 Å². The lowest BCUT2D eigenvalue weighted by Crippen LogP contribution is -2.37. The molecule has 1 saturated carbocycles. The van der Waals surface area contributed by atoms with E-state index >= 15 is 4.79 Å². The second kappa shape index (κ2) is 24.6. The second-order valence-corrected chi connectivity index (χ2v) is 23.7. The third-order valence-corrected chi connectivity index (χ3v) is 17.4. The molecular formula is C52H78Br2N2OS2. The number of unbranched alkanes of at least 4 members (excludes halogenated alkanes) is 16. The van der Waals surface area contributed by atoms with Gasteiger partial charge in [0, 0.05) is 57.7 Å². The number of thiophene rings is 2. The van der Waals surface area contributed by atoms with E-state index in [9.17, 15) is 0 Å². The summed E-state index contributed by atoms with van der Waals surface area (Å²) in [5.41, 5.74) is 5.69. The standard InChI is InChI=1S/C52H78Br2N2OS2/c1-5-9-13-17-19-23-27-38(25-21-15-11-7-3)36-55-43-33-40(43)50(46-29-31-48(53)58-46)41-34-45-42(35-44(41)55)51(47-30-32-49(54)59-47)52(57)56(45)37-39(26-22-16-12-8-4)28-24-20-18-14-10-6-2/h29-32,34-35,38-40,42-43,51H,5-28,33,36-37H2,1-4H3. The van der Waals surface area contributed by atoms with Crippen LogP contribution in [0.5, 0.6) is 0 Å². The van der Waals surface area contributed by atoms with Gasteiger partial charge >= 0.3 is 0 Å². The number of hydrogen-bond acceptors (Lipinski definition) is 4. The summed E-state index contributed by atoms with van der Waals surface area (Å²) in [6.07, 6.45) is 38.4. The number of rotatable bonds is 30. The Balaban J connectivity index is 1.33. The number of carbonyl (C=O) groups is 1. The zero-order chi connectivity index (χ0) is 41.6. The molecule has 0 spiro atoms. The molecule has 0 bridgehead atoms. The molecule has 2 fully saturated rings. The monoisotopic (exact) mass is 968 g/mol. The van der Waals surface area contributed by atoms with E-state index in [-0.39, 0.29) is 11.8 Å². The number of likely N-dealkylation sites (tertiary alicyclic amines) is 1. The van der Waals surface area contributed by atoms with Crippen molar-refractivity contribution in [1.29, 1.82) is 0 Å². The maximum Gasteiger partial charge on any atom is 0.236 e. The average Bonchev–Trinajstić information content (AvgIpc) is 3.58. The fourth-order valence-corrected chi connectivity index (χ4v) is 13.7. The number of halogens is 2. The first kappa shape index (κ1) is 47.3. The van der Waals surface area contributed by atoms with Gasteiger partial charge in [-0.1, -0.05) is 162 Å². The van der Waals surface area contributed by atoms with Crippen molar-refractivity contribution in [2.45, 2.75) is 200 Å². The summed E-state index contributed by atoms with van der Waals surface area (Å²) in [6.45, 7) is 11.3. The Labute approximate surface area is 385 Å². The second-order valence-electron chi connectivity index (χ2n) is 18.8. The predicted molar refractivity (Wildman–Crippen MR) is 264 cm³/mol. The summed E-state index contributed by atoms with van der Waals surface area (Å²) >= 11 is 11.3. The first-order valence-corrected chi connectivity index (χ1v) is 27.9. The molecule has 1 amide bonds. The molecule has 0 radical (unpaired) electrons. The quantitative estimate of drug-likeness (QED) is 0.0729. The highest BCUT2D eigenvalue weighted by atomic mass is 79.9. The van der Waals surface area contributed by atoms with Crippen LogP contribution >= 0.6 is 54.5 Å². The van der Waals surface area contributed by atoms with E-state index < -0.39 is 0 Å². The molecule has 0 aromatic carbocycles. The highest BCUT2D eigenvalue weighted by Crippen LogP contribution is 2.59. The minimum Gasteiger partial charge on any atom is -0.367 e. The lowest BCUT2D eigenvalue weighted by atomic mass is 9.81. The normalized spacial score (nSPS) is 22.0. The Morgan fingerprint density at radius 3 is 1.68 bits per heavy atom. The van der Waals surface area contributed by atoms with Crippen LogP contribution in [0.25, 0.3) is 5.57 Å². The van der Waals surface area contributed by atoms with Crippen LogP contribution in [0.1, 0.15) is 204 Å². The van der Waals surface area contributed by atoms with Crippen LogP contribution in [-0.4, -0.2) is 34.8 Å². The molecule has 4 aliphatic rings. The maximum atomic E-state index is 15.1. The molecular weight excluding hydrogens is 893 g/mol. The van der Waals surface area contributed by atoms with Crippen molar-refractivity contribution in [3.8, 4) is 0 Å². The van der Waals surface area contributed by atoms with E-state index in [2.05, 4.69) is 106 Å². The van der Waals surface area contributed by atoms with E-state index in [0.717, 1.165) is 16.2 Å². The zero-order valence-electron chi connectivity index (χ0n) is 37.4. The molecule has 3 nitrogen and oxygen atoms in total. The van der Waals surface area contributed by atoms with Gasteiger partial charge in [-0.05, 0) is 112 Å². The molecule has 6 unspecified atom stereocenters. The van der Waals surface area contributed by atoms with E-state index in [1.165, 1.54) is 198 Å². The van der Waals surface area contributed by atoms with Crippen LogP contribution in [0.2, 0.25) is 0 Å². The smallest absolute Gasteiger partial charge is 0.236 e. The van der Waals surface area contributed by atoms with Crippen molar-refractivity contribution in [3.63, 3.8) is 0 Å². The predicted octanol–water partition coefficient (Wildman–Crippen LogP) is 17.5. The summed E-state index contributed by atoms with van der Waals surface area (Å²) in [6, 6.07) is 9.57. The molecule has 2 aliphatic heterocycles. The third kappa shape index (κ3) is 13.0. The SMILES string of the molecule is CCCCCCCCC(CCCCCC)CN1C(=O)C(c2ccc(Br)s2)C2C=C3C(=C(c4ccc(Br)s4)C4CC4N3CC(CCCCCC)CCCCCCCC)C=C21. The molecule has 0 N–H and O–H groups in total. The van der Waals surface area contributed by atoms with Gasteiger partial charge in [-0.3, -0.25) is 4.79 Å². The molecule has 6 rings (SSSR count). The molecule has 7 heteroatoms. The summed E-state index contributed by atoms with van der Waals surface area (Å²) in [4.78, 5) is 23.0. The van der Waals surface area contributed by atoms with Crippen LogP contribution in [0.3, 0.4) is 0 Å². The molecule has 59 heavy (non-hydrogen) atoms. The maximum absolute atomic E-state index is 15.1. The highest BCUT2D eigenvalue weighted by Gasteiger charge is 2.54. The van der Waals surface area contributed by atoms with Gasteiger partial charge in [0.2, 0.25) is 5.91 Å². The lowest BCUT2D eigenvalue weighted by molar-refractivity contribution is -0.128. The van der Waals surface area contributed by atoms with Crippen LogP contribution in [-0.2, 0) is 4.79 Å². The van der Waals surface area contributed by atoms with Gasteiger partial charge < -0.3 is 9.80 Å². The number of amides is 1. The van der Waals surface area contributed by atoms with E-state index in [0.29, 0.717) is 23.8 Å². The number of carbonyl (C=O) groups excluding carboxylic acids is 1. The largest absolute Gasteiger partial charge is 0.367 e. The first-order chi connectivity index (χ1) is 28.9. The summed E-state index contributed by atoms with van der Waals surface area (Å²) in [5, 5.41) is 0. The molecule has 2 aromatic rings. The van der Waals surface area contributed by atoms with Crippen molar-refractivity contribution in [2.24, 2.45) is 23.7 Å². The molecule has 6 atom stereocenters. The van der Waals surface area contributed by atoms with Crippen molar-refractivity contribution in [2.75, 3.05) is 13.1 Å². The van der Waals surface area contributed by atoms with Crippen LogP contribution in [0.15, 0.2) is 61.0 Å². The third-order valence-electron chi connectivity index (χ3n) is 14.1. The molecule has 2 aromatic heterocycles. The van der Waals surface area contributed by atoms with Gasteiger partial charge in [0.1, 0.15) is 0 Å². The summed E-state index contributed by atoms with van der Waals surface area (Å²) in [7, 11) is 0. The van der Waals surface area contributed by atoms with Gasteiger partial charge in [-0.2, -0.15) is 0 Å². The summed E-state index contributed by atoms with van der Waals surface area (Å²) in [5.74, 6) is 2.12. The fourth-order valence-electron chi connectivity index (χ4n) is 10.7. The van der Waals surface area contributed by atoms with Crippen LogP contribution in [0, 0.1) is 23.7 Å². The van der Waals surface area contributed by atoms with Gasteiger partial charge in [0.15, 0.2) is 0 Å². The molecule has 328 valence electrons. The molecule has 2 aliphatic carbocycles. The Hall–Kier alpha value is -1.15. The Morgan fingerprint density at radius 2 is 1.15 bits per heavy atom. The topological polar surface area (TPSA) is 23.6 Å². The van der Waals surface area contributed by atoms with Crippen molar-refractivity contribution >= 4 is 66.0 Å². The number of allylic oxidation sites excluding steroid dienone is 2. The average molecular weight is 971 g/mol. The highest BCUT2D eigenvalue weighted by molar-refractivity contribution is 9.11. The molecule has 1 saturated heterocycles. The zero-order valence-corrected chi connectivity index (χ0v) is 42.2. The number of nitrogens with zero attached hydrogens (tertiary/aromatic N) is 2. The van der Waals surface area contributed by atoms with E-state index in [4.69, 9.17) is 0 Å². The van der Waals surface area contributed by atoms with Gasteiger partial charge in [0.05, 0.1) is 13.5 Å². The summed E-state index contributed by atoms with van der Waals surface area (Å²) < 4.78 is 2.33. The Morgan fingerprint density at radius 1 is 0.644 bits per heavy atom. The van der Waals surface area contributed by atoms with Crippen molar-refractivity contribution in [1.82, 2.24) is 9.80 Å². The van der Waals surface area contributed by atoms with Crippen LogP contribution in [0.4, 0.5) is 0 Å². The minimum atomic E-state index is -0.146. The minimum absolute atomic E-state index is 0.0808. The first-order valence-electron chi connectivity index (χ1n) is 24.6. The lowest BCUT2D eigenvalue weighted by Gasteiger charge is -2.40. The Kier molecular flexibility index (Phi) is 19.8. The van der Waals surface area contributed by atoms with E-state index in [1.54, 1.807) is 16.9 Å². The number of fused-ring (bicyclic) bond motifs is 3. The van der Waals surface area contributed by atoms with Crippen molar-refractivity contribution in [3.05, 3.63) is 70.7 Å². The van der Waals surface area contributed by atoms with E-state index in [1.807, 2.05) is 11.3 Å². The molecule has 4 heterocycles. The van der Waals surface area contributed by atoms with Gasteiger partial charge in [-0.25, -0.2) is 0 Å². The Bertz CT molecular complexity index is 1690.